The van der Waals surface area contributed by atoms with Gasteiger partial charge in [0.2, 0.25) is 5.91 Å². The number of nitrogens with zero attached hydrogens (tertiary/aromatic N) is 4. The summed E-state index contributed by atoms with van der Waals surface area (Å²) in [5.74, 6) is 1.61. The van der Waals surface area contributed by atoms with Gasteiger partial charge < -0.3 is 24.6 Å². The molecule has 2 aromatic rings. The zero-order valence-electron chi connectivity index (χ0n) is 16.1. The maximum Gasteiger partial charge on any atom is 0.274 e. The van der Waals surface area contributed by atoms with E-state index in [1.165, 1.54) is 6.92 Å². The normalized spacial score (nSPS) is 13.8. The van der Waals surface area contributed by atoms with Crippen LogP contribution in [0.2, 0.25) is 0 Å². The molecule has 0 saturated carbocycles. The molecule has 0 aliphatic carbocycles. The number of rotatable bonds is 5. The fraction of sp³-hybridized carbons (Fsp3) is 0.368. The minimum absolute atomic E-state index is 0.0234. The molecule has 9 heteroatoms. The number of carbonyl (C=O) groups is 2. The molecular weight excluding hydrogens is 362 g/mol. The van der Waals surface area contributed by atoms with Crippen LogP contribution in [0.1, 0.15) is 17.4 Å². The van der Waals surface area contributed by atoms with Crippen molar-refractivity contribution in [2.75, 3.05) is 45.7 Å². The van der Waals surface area contributed by atoms with Gasteiger partial charge in [0.25, 0.3) is 5.91 Å². The lowest BCUT2D eigenvalue weighted by Crippen LogP contribution is -2.50. The molecule has 3 rings (SSSR count). The standard InChI is InChI=1S/C19H23N5O4/c1-13(25)23-8-10-24(11-9-23)19(26)15-5-7-18(22-21-15)20-16-12-14(27-2)4-6-17(16)28-3/h4-7,12H,8-11H2,1-3H3,(H,20,22). The molecule has 1 N–H and O–H groups in total. The summed E-state index contributed by atoms with van der Waals surface area (Å²) in [6.45, 7) is 3.57. The van der Waals surface area contributed by atoms with Crippen molar-refractivity contribution in [2.24, 2.45) is 0 Å². The number of anilines is 2. The van der Waals surface area contributed by atoms with Crippen LogP contribution in [0.3, 0.4) is 0 Å². The summed E-state index contributed by atoms with van der Waals surface area (Å²) in [6.07, 6.45) is 0. The summed E-state index contributed by atoms with van der Waals surface area (Å²) < 4.78 is 10.6. The second-order valence-corrected chi connectivity index (χ2v) is 6.29. The molecule has 2 amide bonds. The molecule has 1 saturated heterocycles. The molecule has 0 unspecified atom stereocenters. The Morgan fingerprint density at radius 1 is 0.964 bits per heavy atom. The minimum Gasteiger partial charge on any atom is -0.497 e. The van der Waals surface area contributed by atoms with Gasteiger partial charge in [-0.25, -0.2) is 0 Å². The average Bonchev–Trinajstić information content (AvgIpc) is 2.73. The van der Waals surface area contributed by atoms with Crippen molar-refractivity contribution >= 4 is 23.3 Å². The lowest BCUT2D eigenvalue weighted by Gasteiger charge is -2.33. The quantitative estimate of drug-likeness (QED) is 0.834. The highest BCUT2D eigenvalue weighted by Gasteiger charge is 2.24. The molecule has 0 radical (unpaired) electrons. The van der Waals surface area contributed by atoms with Crippen molar-refractivity contribution in [1.29, 1.82) is 0 Å². The maximum atomic E-state index is 12.6. The molecular formula is C19H23N5O4. The highest BCUT2D eigenvalue weighted by Crippen LogP contribution is 2.30. The summed E-state index contributed by atoms with van der Waals surface area (Å²) >= 11 is 0. The first-order chi connectivity index (χ1) is 13.5. The van der Waals surface area contributed by atoms with E-state index >= 15 is 0 Å². The van der Waals surface area contributed by atoms with Crippen molar-refractivity contribution < 1.29 is 19.1 Å². The number of piperazine rings is 1. The number of carbonyl (C=O) groups excluding carboxylic acids is 2. The smallest absolute Gasteiger partial charge is 0.274 e. The topological polar surface area (TPSA) is 96.9 Å². The first kappa shape index (κ1) is 19.4. The summed E-state index contributed by atoms with van der Waals surface area (Å²) in [5.41, 5.74) is 0.940. The van der Waals surface area contributed by atoms with Crippen molar-refractivity contribution in [3.8, 4) is 11.5 Å². The number of aromatic nitrogens is 2. The lowest BCUT2D eigenvalue weighted by molar-refractivity contribution is -0.130. The van der Waals surface area contributed by atoms with Gasteiger partial charge >= 0.3 is 0 Å². The number of ether oxygens (including phenoxy) is 2. The first-order valence-electron chi connectivity index (χ1n) is 8.89. The van der Waals surface area contributed by atoms with E-state index < -0.39 is 0 Å². The van der Waals surface area contributed by atoms with E-state index in [9.17, 15) is 9.59 Å². The van der Waals surface area contributed by atoms with Crippen LogP contribution in [0, 0.1) is 0 Å². The molecule has 0 bridgehead atoms. The van der Waals surface area contributed by atoms with Gasteiger partial charge in [-0.2, -0.15) is 0 Å². The summed E-state index contributed by atoms with van der Waals surface area (Å²) in [5, 5.41) is 11.3. The molecule has 2 heterocycles. The minimum atomic E-state index is -0.193. The van der Waals surface area contributed by atoms with E-state index in [4.69, 9.17) is 9.47 Å². The van der Waals surface area contributed by atoms with Gasteiger partial charge in [0.15, 0.2) is 11.5 Å². The van der Waals surface area contributed by atoms with E-state index in [0.717, 1.165) is 0 Å². The molecule has 1 aromatic carbocycles. The van der Waals surface area contributed by atoms with Crippen LogP contribution < -0.4 is 14.8 Å². The van der Waals surface area contributed by atoms with Crippen molar-refractivity contribution in [3.63, 3.8) is 0 Å². The lowest BCUT2D eigenvalue weighted by atomic mass is 10.2. The van der Waals surface area contributed by atoms with Gasteiger partial charge in [-0.05, 0) is 24.3 Å². The van der Waals surface area contributed by atoms with Gasteiger partial charge in [-0.1, -0.05) is 0 Å². The van der Waals surface area contributed by atoms with Gasteiger partial charge in [0.05, 0.1) is 19.9 Å². The summed E-state index contributed by atoms with van der Waals surface area (Å²) in [4.78, 5) is 27.4. The zero-order valence-corrected chi connectivity index (χ0v) is 16.1. The maximum absolute atomic E-state index is 12.6. The zero-order chi connectivity index (χ0) is 20.1. The monoisotopic (exact) mass is 385 g/mol. The largest absolute Gasteiger partial charge is 0.497 e. The third kappa shape index (κ3) is 4.30. The molecule has 148 valence electrons. The number of hydrogen-bond acceptors (Lipinski definition) is 7. The third-order valence-corrected chi connectivity index (χ3v) is 4.57. The highest BCUT2D eigenvalue weighted by molar-refractivity contribution is 5.92. The van der Waals surface area contributed by atoms with Crippen LogP contribution in [-0.4, -0.2) is 72.2 Å². The Bertz CT molecular complexity index is 848. The average molecular weight is 385 g/mol. The molecule has 28 heavy (non-hydrogen) atoms. The van der Waals surface area contributed by atoms with Gasteiger partial charge in [0.1, 0.15) is 11.5 Å². The molecule has 1 aliphatic rings. The number of amides is 2. The van der Waals surface area contributed by atoms with Crippen LogP contribution in [0.4, 0.5) is 11.5 Å². The third-order valence-electron chi connectivity index (χ3n) is 4.57. The van der Waals surface area contributed by atoms with Crippen LogP contribution in [0.15, 0.2) is 30.3 Å². The Kier molecular flexibility index (Phi) is 5.93. The van der Waals surface area contributed by atoms with Gasteiger partial charge in [-0.15, -0.1) is 10.2 Å². The predicted octanol–water partition coefficient (Wildman–Crippen LogP) is 1.54. The van der Waals surface area contributed by atoms with Crippen LogP contribution >= 0.6 is 0 Å². The van der Waals surface area contributed by atoms with E-state index in [-0.39, 0.29) is 17.5 Å². The number of benzene rings is 1. The molecule has 0 spiro atoms. The Labute approximate surface area is 163 Å². The Balaban J connectivity index is 1.67. The number of nitrogens with one attached hydrogen (secondary N) is 1. The van der Waals surface area contributed by atoms with Gasteiger partial charge in [-0.3, -0.25) is 9.59 Å². The van der Waals surface area contributed by atoms with Crippen molar-refractivity contribution in [1.82, 2.24) is 20.0 Å². The summed E-state index contributed by atoms with van der Waals surface area (Å²) in [7, 11) is 3.16. The molecule has 1 aromatic heterocycles. The molecule has 1 aliphatic heterocycles. The highest BCUT2D eigenvalue weighted by atomic mass is 16.5. The Morgan fingerprint density at radius 3 is 2.25 bits per heavy atom. The van der Waals surface area contributed by atoms with Crippen molar-refractivity contribution in [2.45, 2.75) is 6.92 Å². The van der Waals surface area contributed by atoms with Gasteiger partial charge in [0, 0.05) is 39.2 Å². The van der Waals surface area contributed by atoms with Crippen LogP contribution in [0.5, 0.6) is 11.5 Å². The SMILES string of the molecule is COc1ccc(OC)c(Nc2ccc(C(=O)N3CCN(C(C)=O)CC3)nn2)c1. The predicted molar refractivity (Wildman–Crippen MR) is 103 cm³/mol. The van der Waals surface area contributed by atoms with Crippen LogP contribution in [0.25, 0.3) is 0 Å². The molecule has 1 fully saturated rings. The van der Waals surface area contributed by atoms with E-state index in [1.807, 2.05) is 0 Å². The second-order valence-electron chi connectivity index (χ2n) is 6.29. The first-order valence-corrected chi connectivity index (χ1v) is 8.89. The summed E-state index contributed by atoms with van der Waals surface area (Å²) in [6, 6.07) is 8.68. The fourth-order valence-electron chi connectivity index (χ4n) is 2.95. The van der Waals surface area contributed by atoms with Crippen LogP contribution in [-0.2, 0) is 4.79 Å². The Hall–Kier alpha value is -3.36. The number of hydrogen-bond donors (Lipinski definition) is 1. The molecule has 0 atom stereocenters. The van der Waals surface area contributed by atoms with Crippen molar-refractivity contribution in [3.05, 3.63) is 36.0 Å². The Morgan fingerprint density at radius 2 is 1.68 bits per heavy atom. The molecule has 9 nitrogen and oxygen atoms in total. The van der Waals surface area contributed by atoms with E-state index in [0.29, 0.717) is 49.2 Å². The number of methoxy groups -OCH3 is 2. The van der Waals surface area contributed by atoms with E-state index in [1.54, 1.807) is 54.4 Å². The fourth-order valence-corrected chi connectivity index (χ4v) is 2.95. The second kappa shape index (κ2) is 8.55. The van der Waals surface area contributed by atoms with E-state index in [2.05, 4.69) is 15.5 Å².